The fraction of sp³-hybridized carbons (Fsp3) is 0.333. The van der Waals surface area contributed by atoms with Gasteiger partial charge in [-0.3, -0.25) is 4.98 Å². The molecule has 0 saturated heterocycles. The average molecular weight is 259 g/mol. The minimum Gasteiger partial charge on any atom is -0.309 e. The van der Waals surface area contributed by atoms with Gasteiger partial charge in [-0.05, 0) is 38.6 Å². The third-order valence-electron chi connectivity index (χ3n) is 2.66. The summed E-state index contributed by atoms with van der Waals surface area (Å²) in [6, 6.07) is 4.10. The Labute approximate surface area is 110 Å². The monoisotopic (exact) mass is 259 g/mol. The number of aromatic nitrogens is 4. The molecule has 0 aliphatic carbocycles. The zero-order chi connectivity index (χ0) is 13.3. The van der Waals surface area contributed by atoms with Crippen LogP contribution in [-0.4, -0.2) is 19.7 Å². The molecule has 0 spiro atoms. The van der Waals surface area contributed by atoms with Gasteiger partial charge in [-0.2, -0.15) is 5.26 Å². The fourth-order valence-electron chi connectivity index (χ4n) is 1.58. The Morgan fingerprint density at radius 3 is 2.56 bits per heavy atom. The van der Waals surface area contributed by atoms with Crippen LogP contribution in [0.15, 0.2) is 16.1 Å². The summed E-state index contributed by atoms with van der Waals surface area (Å²) in [4.78, 5) is 5.17. The zero-order valence-electron chi connectivity index (χ0n) is 10.7. The maximum atomic E-state index is 9.20. The van der Waals surface area contributed by atoms with Crippen LogP contribution >= 0.6 is 11.8 Å². The summed E-state index contributed by atoms with van der Waals surface area (Å²) in [7, 11) is 1.91. The van der Waals surface area contributed by atoms with Crippen molar-refractivity contribution < 1.29 is 0 Å². The lowest BCUT2D eigenvalue weighted by atomic mass is 10.2. The van der Waals surface area contributed by atoms with Crippen LogP contribution in [0.1, 0.15) is 22.8 Å². The van der Waals surface area contributed by atoms with Crippen LogP contribution in [0.5, 0.6) is 0 Å². The number of rotatable bonds is 2. The molecule has 92 valence electrons. The highest BCUT2D eigenvalue weighted by Gasteiger charge is 2.13. The summed E-state index contributed by atoms with van der Waals surface area (Å²) >= 11 is 1.44. The Morgan fingerprint density at radius 2 is 2.00 bits per heavy atom. The highest BCUT2D eigenvalue weighted by Crippen LogP contribution is 2.30. The van der Waals surface area contributed by atoms with Crippen LogP contribution in [0.2, 0.25) is 0 Å². The molecule has 0 amide bonds. The first-order chi connectivity index (χ1) is 8.52. The first-order valence-electron chi connectivity index (χ1n) is 5.45. The van der Waals surface area contributed by atoms with E-state index >= 15 is 0 Å². The van der Waals surface area contributed by atoms with Crippen molar-refractivity contribution in [3.8, 4) is 6.07 Å². The number of nitrogens with zero attached hydrogens (tertiary/aromatic N) is 5. The van der Waals surface area contributed by atoms with E-state index in [4.69, 9.17) is 0 Å². The lowest BCUT2D eigenvalue weighted by Gasteiger charge is -2.07. The molecular weight excluding hydrogens is 246 g/mol. The molecule has 5 nitrogen and oxygen atoms in total. The zero-order valence-corrected chi connectivity index (χ0v) is 11.5. The molecule has 18 heavy (non-hydrogen) atoms. The highest BCUT2D eigenvalue weighted by molar-refractivity contribution is 7.99. The van der Waals surface area contributed by atoms with E-state index < -0.39 is 0 Å². The number of hydrogen-bond acceptors (Lipinski definition) is 5. The normalized spacial score (nSPS) is 10.4. The van der Waals surface area contributed by atoms with E-state index in [-0.39, 0.29) is 0 Å². The predicted octanol–water partition coefficient (Wildman–Crippen LogP) is 2.16. The van der Waals surface area contributed by atoms with E-state index in [1.54, 1.807) is 0 Å². The van der Waals surface area contributed by atoms with E-state index in [9.17, 15) is 5.26 Å². The van der Waals surface area contributed by atoms with Crippen molar-refractivity contribution in [1.82, 2.24) is 19.7 Å². The lowest BCUT2D eigenvalue weighted by molar-refractivity contribution is 0.765. The minimum atomic E-state index is 0.603. The molecule has 2 rings (SSSR count). The van der Waals surface area contributed by atoms with Crippen molar-refractivity contribution in [2.24, 2.45) is 7.05 Å². The molecule has 0 saturated carbocycles. The van der Waals surface area contributed by atoms with Gasteiger partial charge in [0.05, 0.1) is 11.3 Å². The molecule has 0 aliphatic heterocycles. The number of nitriles is 1. The number of hydrogen-bond donors (Lipinski definition) is 0. The quantitative estimate of drug-likeness (QED) is 0.826. The first-order valence-corrected chi connectivity index (χ1v) is 6.26. The van der Waals surface area contributed by atoms with Crippen molar-refractivity contribution in [3.05, 3.63) is 28.8 Å². The smallest absolute Gasteiger partial charge is 0.195 e. The summed E-state index contributed by atoms with van der Waals surface area (Å²) in [5.41, 5.74) is 2.25. The lowest BCUT2D eigenvalue weighted by Crippen LogP contribution is -1.97. The van der Waals surface area contributed by atoms with Crippen molar-refractivity contribution in [2.45, 2.75) is 30.8 Å². The number of aryl methyl sites for hydroxylation is 3. The van der Waals surface area contributed by atoms with Gasteiger partial charge in [0.15, 0.2) is 5.16 Å². The molecule has 0 atom stereocenters. The third-order valence-corrected chi connectivity index (χ3v) is 3.74. The second-order valence-electron chi connectivity index (χ2n) is 4.02. The summed E-state index contributed by atoms with van der Waals surface area (Å²) in [5, 5.41) is 18.1. The van der Waals surface area contributed by atoms with Crippen LogP contribution in [0.3, 0.4) is 0 Å². The Balaban J connectivity index is 2.46. The van der Waals surface area contributed by atoms with E-state index in [1.807, 2.05) is 38.5 Å². The molecule has 2 heterocycles. The molecule has 6 heteroatoms. The van der Waals surface area contributed by atoms with Gasteiger partial charge in [0.25, 0.3) is 0 Å². The van der Waals surface area contributed by atoms with Gasteiger partial charge in [-0.15, -0.1) is 10.2 Å². The van der Waals surface area contributed by atoms with Gasteiger partial charge in [0.1, 0.15) is 11.9 Å². The molecular formula is C12H13N5S. The third kappa shape index (κ3) is 2.22. The summed E-state index contributed by atoms with van der Waals surface area (Å²) in [5.74, 6) is 0.846. The summed E-state index contributed by atoms with van der Waals surface area (Å²) in [6.07, 6.45) is 0. The molecule has 0 aromatic carbocycles. The van der Waals surface area contributed by atoms with Gasteiger partial charge in [0, 0.05) is 17.6 Å². The largest absolute Gasteiger partial charge is 0.309 e. The second-order valence-corrected chi connectivity index (χ2v) is 5.03. The Kier molecular flexibility index (Phi) is 3.34. The standard InChI is InChI=1S/C12H13N5S/c1-7-5-11(10(6-13)8(2)14-7)18-12-16-15-9(3)17(12)4/h5H,1-4H3. The van der Waals surface area contributed by atoms with E-state index in [0.29, 0.717) is 5.56 Å². The second kappa shape index (κ2) is 4.78. The van der Waals surface area contributed by atoms with Gasteiger partial charge in [-0.25, -0.2) is 0 Å². The minimum absolute atomic E-state index is 0.603. The molecule has 0 bridgehead atoms. The molecule has 0 unspecified atom stereocenters. The molecule has 0 aliphatic rings. The van der Waals surface area contributed by atoms with E-state index in [2.05, 4.69) is 21.3 Å². The van der Waals surface area contributed by atoms with Gasteiger partial charge in [0.2, 0.25) is 0 Å². The Hall–Kier alpha value is -1.87. The van der Waals surface area contributed by atoms with Crippen LogP contribution < -0.4 is 0 Å². The van der Waals surface area contributed by atoms with Gasteiger partial charge < -0.3 is 4.57 Å². The van der Waals surface area contributed by atoms with Crippen LogP contribution in [0, 0.1) is 32.1 Å². The van der Waals surface area contributed by atoms with Gasteiger partial charge >= 0.3 is 0 Å². The van der Waals surface area contributed by atoms with Crippen molar-refractivity contribution in [2.75, 3.05) is 0 Å². The fourth-order valence-corrected chi connectivity index (χ4v) is 2.66. The Bertz CT molecular complexity index is 639. The van der Waals surface area contributed by atoms with Crippen molar-refractivity contribution in [1.29, 1.82) is 5.26 Å². The van der Waals surface area contributed by atoms with Gasteiger partial charge in [-0.1, -0.05) is 0 Å². The maximum absolute atomic E-state index is 9.20. The predicted molar refractivity (Wildman–Crippen MR) is 68.3 cm³/mol. The van der Waals surface area contributed by atoms with Crippen LogP contribution in [-0.2, 0) is 7.05 Å². The molecule has 0 N–H and O–H groups in total. The van der Waals surface area contributed by atoms with E-state index in [0.717, 1.165) is 27.3 Å². The highest BCUT2D eigenvalue weighted by atomic mass is 32.2. The Morgan fingerprint density at radius 1 is 1.28 bits per heavy atom. The summed E-state index contributed by atoms with van der Waals surface area (Å²) < 4.78 is 1.90. The average Bonchev–Trinajstić information content (AvgIpc) is 2.60. The maximum Gasteiger partial charge on any atom is 0.195 e. The molecule has 2 aromatic rings. The SMILES string of the molecule is Cc1cc(Sc2nnc(C)n2C)c(C#N)c(C)n1. The van der Waals surface area contributed by atoms with Crippen molar-refractivity contribution >= 4 is 11.8 Å². The number of pyridine rings is 1. The topological polar surface area (TPSA) is 67.4 Å². The molecule has 0 fully saturated rings. The van der Waals surface area contributed by atoms with Crippen LogP contribution in [0.4, 0.5) is 0 Å². The van der Waals surface area contributed by atoms with E-state index in [1.165, 1.54) is 11.8 Å². The summed E-state index contributed by atoms with van der Waals surface area (Å²) in [6.45, 7) is 5.66. The van der Waals surface area contributed by atoms with Crippen LogP contribution in [0.25, 0.3) is 0 Å². The molecule has 2 aromatic heterocycles. The first kappa shape index (κ1) is 12.6. The molecule has 0 radical (unpaired) electrons. The van der Waals surface area contributed by atoms with Crippen molar-refractivity contribution in [3.63, 3.8) is 0 Å².